The topological polar surface area (TPSA) is 32.6 Å². The van der Waals surface area contributed by atoms with E-state index in [1.165, 1.54) is 0 Å². The van der Waals surface area contributed by atoms with E-state index < -0.39 is 0 Å². The predicted molar refractivity (Wildman–Crippen MR) is 97.2 cm³/mol. The number of nitrogens with zero attached hydrogens (tertiary/aromatic N) is 1. The summed E-state index contributed by atoms with van der Waals surface area (Å²) in [4.78, 5) is 0. The second kappa shape index (κ2) is 6.62. The molecule has 0 bridgehead atoms. The molecule has 1 aromatic carbocycles. The van der Waals surface area contributed by atoms with Crippen LogP contribution in [0.2, 0.25) is 0 Å². The fraction of sp³-hybridized carbons (Fsp3) is 0.300. The summed E-state index contributed by atoms with van der Waals surface area (Å²) in [6, 6.07) is 10.2. The minimum Gasteiger partial charge on any atom is -0.493 e. The van der Waals surface area contributed by atoms with E-state index in [9.17, 15) is 0 Å². The van der Waals surface area contributed by atoms with Gasteiger partial charge in [0.2, 0.25) is 0 Å². The second-order valence-corrected chi connectivity index (χ2v) is 6.60. The first-order chi connectivity index (χ1) is 12.2. The molecule has 2 aliphatic rings. The maximum Gasteiger partial charge on any atom is 0.166 e. The summed E-state index contributed by atoms with van der Waals surface area (Å²) < 4.78 is 19.7. The fourth-order valence-corrected chi connectivity index (χ4v) is 3.92. The minimum absolute atomic E-state index is 0.191. The third-order valence-electron chi connectivity index (χ3n) is 4.84. The van der Waals surface area contributed by atoms with Crippen LogP contribution in [0.4, 0.5) is 0 Å². The zero-order valence-corrected chi connectivity index (χ0v) is 15.0. The summed E-state index contributed by atoms with van der Waals surface area (Å²) in [5, 5.41) is 0.748. The van der Waals surface area contributed by atoms with Crippen molar-refractivity contribution in [1.29, 1.82) is 0 Å². The summed E-state index contributed by atoms with van der Waals surface area (Å²) in [5.41, 5.74) is 3.25. The number of hydrogen-bond donors (Lipinski definition) is 0. The van der Waals surface area contributed by atoms with E-state index in [2.05, 4.69) is 29.0 Å². The molecule has 4 rings (SSSR count). The SMILES string of the molecule is COc1cccc([C@H]2OCc3cccn3C3CC=C(Cl)C=C32)c1OC. The number of ether oxygens (including phenoxy) is 3. The molecule has 2 aromatic rings. The highest BCUT2D eigenvalue weighted by molar-refractivity contribution is 6.31. The molecule has 0 saturated carbocycles. The van der Waals surface area contributed by atoms with Gasteiger partial charge in [-0.15, -0.1) is 0 Å². The van der Waals surface area contributed by atoms with E-state index >= 15 is 0 Å². The highest BCUT2D eigenvalue weighted by Crippen LogP contribution is 2.47. The van der Waals surface area contributed by atoms with Crippen molar-refractivity contribution in [2.45, 2.75) is 25.2 Å². The Bertz CT molecular complexity index is 852. The lowest BCUT2D eigenvalue weighted by molar-refractivity contribution is 0.0631. The molecule has 2 atom stereocenters. The Morgan fingerprint density at radius 1 is 1.16 bits per heavy atom. The van der Waals surface area contributed by atoms with Crippen LogP contribution in [0.1, 0.15) is 29.8 Å². The molecular weight excluding hydrogens is 338 g/mol. The van der Waals surface area contributed by atoms with E-state index in [-0.39, 0.29) is 12.1 Å². The average Bonchev–Trinajstić information content (AvgIpc) is 3.04. The van der Waals surface area contributed by atoms with Gasteiger partial charge in [-0.3, -0.25) is 0 Å². The first kappa shape index (κ1) is 16.3. The Labute approximate surface area is 152 Å². The molecular formula is C20H20ClNO3. The van der Waals surface area contributed by atoms with Crippen molar-refractivity contribution in [3.05, 3.63) is 70.5 Å². The van der Waals surface area contributed by atoms with Crippen molar-refractivity contribution in [3.8, 4) is 11.5 Å². The van der Waals surface area contributed by atoms with Crippen molar-refractivity contribution < 1.29 is 14.2 Å². The molecule has 0 saturated heterocycles. The molecule has 0 radical (unpaired) electrons. The molecule has 2 heterocycles. The van der Waals surface area contributed by atoms with Crippen molar-refractivity contribution in [2.24, 2.45) is 0 Å². The van der Waals surface area contributed by atoms with Gasteiger partial charge in [-0.25, -0.2) is 0 Å². The Balaban J connectivity index is 1.85. The minimum atomic E-state index is -0.239. The van der Waals surface area contributed by atoms with Gasteiger partial charge in [-0.1, -0.05) is 29.8 Å². The predicted octanol–water partition coefficient (Wildman–Crippen LogP) is 4.77. The highest BCUT2D eigenvalue weighted by atomic mass is 35.5. The van der Waals surface area contributed by atoms with Crippen molar-refractivity contribution in [1.82, 2.24) is 4.57 Å². The molecule has 0 spiro atoms. The number of para-hydroxylation sites is 1. The standard InChI is InChI=1S/C20H20ClNO3/c1-23-18-7-3-6-15(20(18)24-2)19-16-11-13(21)8-9-17(16)22-10-4-5-14(22)12-25-19/h3-8,10-11,17,19H,9,12H2,1-2H3/t17?,19-/m1/s1. The largest absolute Gasteiger partial charge is 0.493 e. The van der Waals surface area contributed by atoms with Gasteiger partial charge in [-0.2, -0.15) is 0 Å². The van der Waals surface area contributed by atoms with E-state index in [1.54, 1.807) is 14.2 Å². The van der Waals surface area contributed by atoms with Crippen molar-refractivity contribution in [3.63, 3.8) is 0 Å². The first-order valence-electron chi connectivity index (χ1n) is 8.28. The van der Waals surface area contributed by atoms with Gasteiger partial charge in [0.1, 0.15) is 6.10 Å². The molecule has 1 aliphatic heterocycles. The molecule has 0 amide bonds. The molecule has 0 N–H and O–H groups in total. The molecule has 25 heavy (non-hydrogen) atoms. The van der Waals surface area contributed by atoms with E-state index in [0.717, 1.165) is 28.3 Å². The third kappa shape index (κ3) is 2.75. The Morgan fingerprint density at radius 3 is 2.84 bits per heavy atom. The number of rotatable bonds is 3. The molecule has 1 unspecified atom stereocenters. The van der Waals surface area contributed by atoms with Crippen molar-refractivity contribution in [2.75, 3.05) is 14.2 Å². The summed E-state index contributed by atoms with van der Waals surface area (Å²) in [6.45, 7) is 0.531. The zero-order chi connectivity index (χ0) is 17.4. The molecule has 1 aromatic heterocycles. The summed E-state index contributed by atoms with van der Waals surface area (Å²) in [7, 11) is 3.30. The van der Waals surface area contributed by atoms with E-state index in [1.807, 2.05) is 24.3 Å². The van der Waals surface area contributed by atoms with Gasteiger partial charge in [-0.05, 0) is 36.3 Å². The molecule has 5 heteroatoms. The van der Waals surface area contributed by atoms with Crippen LogP contribution in [0.25, 0.3) is 0 Å². The highest BCUT2D eigenvalue weighted by Gasteiger charge is 2.33. The number of benzene rings is 1. The van der Waals surface area contributed by atoms with Crippen LogP contribution in [0, 0.1) is 0 Å². The lowest BCUT2D eigenvalue weighted by atomic mass is 9.89. The average molecular weight is 358 g/mol. The summed E-state index contributed by atoms with van der Waals surface area (Å²) >= 11 is 6.34. The van der Waals surface area contributed by atoms with Crippen LogP contribution in [-0.2, 0) is 11.3 Å². The fourth-order valence-electron chi connectivity index (χ4n) is 3.71. The Kier molecular flexibility index (Phi) is 4.32. The van der Waals surface area contributed by atoms with Gasteiger partial charge in [0.05, 0.1) is 26.9 Å². The van der Waals surface area contributed by atoms with Crippen LogP contribution in [0.5, 0.6) is 11.5 Å². The summed E-state index contributed by atoms with van der Waals surface area (Å²) in [6.07, 6.45) is 6.80. The van der Waals surface area contributed by atoms with Crippen LogP contribution < -0.4 is 9.47 Å². The number of aromatic nitrogens is 1. The number of halogens is 1. The van der Waals surface area contributed by atoms with Crippen molar-refractivity contribution >= 4 is 11.6 Å². The van der Waals surface area contributed by atoms with E-state index in [0.29, 0.717) is 18.1 Å². The van der Waals surface area contributed by atoms with Gasteiger partial charge in [0, 0.05) is 22.5 Å². The molecule has 4 nitrogen and oxygen atoms in total. The number of hydrogen-bond acceptors (Lipinski definition) is 3. The maximum absolute atomic E-state index is 6.34. The van der Waals surface area contributed by atoms with Crippen LogP contribution in [-0.4, -0.2) is 18.8 Å². The Hall–Kier alpha value is -2.17. The van der Waals surface area contributed by atoms with Gasteiger partial charge in [0.15, 0.2) is 11.5 Å². The second-order valence-electron chi connectivity index (χ2n) is 6.17. The first-order valence-corrected chi connectivity index (χ1v) is 8.66. The molecule has 130 valence electrons. The third-order valence-corrected chi connectivity index (χ3v) is 5.11. The Morgan fingerprint density at radius 2 is 2.04 bits per heavy atom. The quantitative estimate of drug-likeness (QED) is 0.793. The number of fused-ring (bicyclic) bond motifs is 3. The lowest BCUT2D eigenvalue weighted by Crippen LogP contribution is -2.17. The van der Waals surface area contributed by atoms with Crippen LogP contribution in [0.3, 0.4) is 0 Å². The van der Waals surface area contributed by atoms with E-state index in [4.69, 9.17) is 25.8 Å². The zero-order valence-electron chi connectivity index (χ0n) is 14.2. The summed E-state index contributed by atoms with van der Waals surface area (Å²) in [5.74, 6) is 1.40. The van der Waals surface area contributed by atoms with Gasteiger partial charge < -0.3 is 18.8 Å². The molecule has 1 aliphatic carbocycles. The van der Waals surface area contributed by atoms with Gasteiger partial charge in [0.25, 0.3) is 0 Å². The molecule has 0 fully saturated rings. The normalized spacial score (nSPS) is 22.2. The number of methoxy groups -OCH3 is 2. The van der Waals surface area contributed by atoms with Crippen LogP contribution in [0.15, 0.2) is 59.3 Å². The lowest BCUT2D eigenvalue weighted by Gasteiger charge is -2.29. The van der Waals surface area contributed by atoms with Gasteiger partial charge >= 0.3 is 0 Å². The monoisotopic (exact) mass is 357 g/mol. The smallest absolute Gasteiger partial charge is 0.166 e. The maximum atomic E-state index is 6.34. The number of allylic oxidation sites excluding steroid dienone is 3. The van der Waals surface area contributed by atoms with Crippen LogP contribution >= 0.6 is 11.6 Å².